The second-order valence-corrected chi connectivity index (χ2v) is 5.40. The summed E-state index contributed by atoms with van der Waals surface area (Å²) in [5.74, 6) is 0.576. The lowest BCUT2D eigenvalue weighted by atomic mass is 10.0. The highest BCUT2D eigenvalue weighted by Crippen LogP contribution is 2.13. The minimum absolute atomic E-state index is 0.369. The Morgan fingerprint density at radius 1 is 1.44 bits per heavy atom. The van der Waals surface area contributed by atoms with E-state index in [0.29, 0.717) is 11.9 Å². The van der Waals surface area contributed by atoms with Gasteiger partial charge in [-0.25, -0.2) is 9.97 Å². The second kappa shape index (κ2) is 5.93. The maximum absolute atomic E-state index is 5.69. The molecule has 96 valence electrons. The molecule has 0 saturated heterocycles. The van der Waals surface area contributed by atoms with Crippen LogP contribution in [0.5, 0.6) is 0 Å². The average molecular weight is 262 g/mol. The van der Waals surface area contributed by atoms with Crippen LogP contribution in [0.4, 0.5) is 5.82 Å². The maximum Gasteiger partial charge on any atom is 0.123 e. The number of thiazole rings is 1. The van der Waals surface area contributed by atoms with Crippen LogP contribution in [0.25, 0.3) is 0 Å². The number of nitrogens with one attached hydrogen (secondary N) is 1. The van der Waals surface area contributed by atoms with E-state index < -0.39 is 0 Å². The van der Waals surface area contributed by atoms with Crippen molar-refractivity contribution in [2.75, 3.05) is 12.8 Å². The molecule has 1 unspecified atom stereocenters. The van der Waals surface area contributed by atoms with Crippen molar-refractivity contribution in [2.45, 2.75) is 25.8 Å². The molecule has 2 aromatic heterocycles. The Labute approximate surface area is 111 Å². The zero-order valence-electron chi connectivity index (χ0n) is 10.7. The molecular formula is C13H18N4S. The fourth-order valence-corrected chi connectivity index (χ4v) is 2.56. The number of anilines is 1. The number of pyridine rings is 1. The first-order valence-electron chi connectivity index (χ1n) is 5.96. The van der Waals surface area contributed by atoms with E-state index in [2.05, 4.69) is 20.7 Å². The van der Waals surface area contributed by atoms with Gasteiger partial charge in [-0.05, 0) is 38.1 Å². The van der Waals surface area contributed by atoms with Crippen LogP contribution in [0, 0.1) is 6.92 Å². The highest BCUT2D eigenvalue weighted by molar-refractivity contribution is 7.09. The maximum atomic E-state index is 5.69. The topological polar surface area (TPSA) is 63.8 Å². The smallest absolute Gasteiger partial charge is 0.123 e. The van der Waals surface area contributed by atoms with Crippen LogP contribution in [-0.2, 0) is 12.8 Å². The lowest BCUT2D eigenvalue weighted by Crippen LogP contribution is -2.30. The molecule has 0 aliphatic carbocycles. The van der Waals surface area contributed by atoms with Crippen LogP contribution in [0.15, 0.2) is 23.7 Å². The standard InChI is InChI=1S/C13H18N4S/c1-9-17-12(8-18-9)7-11(15-2)5-10-3-4-16-13(14)6-10/h3-4,6,8,11,15H,5,7H2,1-2H3,(H2,14,16). The summed E-state index contributed by atoms with van der Waals surface area (Å²) in [6.45, 7) is 2.03. The third-order valence-electron chi connectivity index (χ3n) is 2.86. The highest BCUT2D eigenvalue weighted by atomic mass is 32.1. The van der Waals surface area contributed by atoms with Crippen molar-refractivity contribution >= 4 is 17.2 Å². The number of nitrogens with two attached hydrogens (primary N) is 1. The summed E-state index contributed by atoms with van der Waals surface area (Å²) >= 11 is 1.70. The van der Waals surface area contributed by atoms with Crippen LogP contribution in [0.3, 0.4) is 0 Å². The Bertz CT molecular complexity index is 509. The first-order chi connectivity index (χ1) is 8.67. The van der Waals surface area contributed by atoms with Gasteiger partial charge in [0.15, 0.2) is 0 Å². The Morgan fingerprint density at radius 3 is 2.89 bits per heavy atom. The predicted molar refractivity (Wildman–Crippen MR) is 75.8 cm³/mol. The van der Waals surface area contributed by atoms with Gasteiger partial charge in [0.05, 0.1) is 10.7 Å². The molecule has 0 fully saturated rings. The van der Waals surface area contributed by atoms with Crippen molar-refractivity contribution in [2.24, 2.45) is 0 Å². The van der Waals surface area contributed by atoms with E-state index in [1.54, 1.807) is 17.5 Å². The molecule has 2 rings (SSSR count). The Balaban J connectivity index is 2.01. The number of nitrogen functional groups attached to an aromatic ring is 1. The number of nitrogens with zero attached hydrogens (tertiary/aromatic N) is 2. The summed E-state index contributed by atoms with van der Waals surface area (Å²) in [6.07, 6.45) is 3.62. The molecule has 2 heterocycles. The molecule has 0 spiro atoms. The number of rotatable bonds is 5. The molecular weight excluding hydrogens is 244 g/mol. The van der Waals surface area contributed by atoms with Gasteiger partial charge < -0.3 is 11.1 Å². The quantitative estimate of drug-likeness (QED) is 0.862. The van der Waals surface area contributed by atoms with Crippen molar-refractivity contribution in [1.82, 2.24) is 15.3 Å². The van der Waals surface area contributed by atoms with Gasteiger partial charge in [0, 0.05) is 24.0 Å². The van der Waals surface area contributed by atoms with Gasteiger partial charge >= 0.3 is 0 Å². The van der Waals surface area contributed by atoms with Crippen LogP contribution >= 0.6 is 11.3 Å². The number of likely N-dealkylation sites (N-methyl/N-ethyl adjacent to an activating group) is 1. The lowest BCUT2D eigenvalue weighted by molar-refractivity contribution is 0.551. The van der Waals surface area contributed by atoms with Crippen molar-refractivity contribution in [3.8, 4) is 0 Å². The van der Waals surface area contributed by atoms with E-state index in [1.165, 1.54) is 5.56 Å². The molecule has 4 nitrogen and oxygen atoms in total. The summed E-state index contributed by atoms with van der Waals surface area (Å²) in [5, 5.41) is 6.58. The molecule has 5 heteroatoms. The van der Waals surface area contributed by atoms with Gasteiger partial charge in [-0.2, -0.15) is 0 Å². The summed E-state index contributed by atoms with van der Waals surface area (Å²) in [6, 6.07) is 4.30. The molecule has 2 aromatic rings. The molecule has 0 bridgehead atoms. The molecule has 0 aromatic carbocycles. The summed E-state index contributed by atoms with van der Waals surface area (Å²) in [4.78, 5) is 8.51. The normalized spacial score (nSPS) is 12.6. The van der Waals surface area contributed by atoms with E-state index in [4.69, 9.17) is 5.73 Å². The largest absolute Gasteiger partial charge is 0.384 e. The molecule has 3 N–H and O–H groups in total. The predicted octanol–water partition coefficient (Wildman–Crippen LogP) is 1.80. The van der Waals surface area contributed by atoms with E-state index in [1.807, 2.05) is 26.1 Å². The zero-order chi connectivity index (χ0) is 13.0. The zero-order valence-corrected chi connectivity index (χ0v) is 11.5. The Kier molecular flexibility index (Phi) is 4.28. The number of hydrogen-bond acceptors (Lipinski definition) is 5. The molecule has 0 saturated carbocycles. The lowest BCUT2D eigenvalue weighted by Gasteiger charge is -2.15. The summed E-state index contributed by atoms with van der Waals surface area (Å²) in [7, 11) is 1.98. The molecule has 0 aliphatic heterocycles. The van der Waals surface area contributed by atoms with Gasteiger partial charge in [0.2, 0.25) is 0 Å². The van der Waals surface area contributed by atoms with Crippen molar-refractivity contribution in [3.63, 3.8) is 0 Å². The van der Waals surface area contributed by atoms with Crippen molar-refractivity contribution < 1.29 is 0 Å². The van der Waals surface area contributed by atoms with Gasteiger partial charge in [-0.15, -0.1) is 11.3 Å². The molecule has 1 atom stereocenters. The van der Waals surface area contributed by atoms with E-state index in [0.717, 1.165) is 23.5 Å². The van der Waals surface area contributed by atoms with Gasteiger partial charge in [0.25, 0.3) is 0 Å². The van der Waals surface area contributed by atoms with Gasteiger partial charge in [0.1, 0.15) is 5.82 Å². The number of aryl methyl sites for hydroxylation is 1. The van der Waals surface area contributed by atoms with E-state index in [-0.39, 0.29) is 0 Å². The van der Waals surface area contributed by atoms with Crippen molar-refractivity contribution in [3.05, 3.63) is 40.0 Å². The highest BCUT2D eigenvalue weighted by Gasteiger charge is 2.10. The fraction of sp³-hybridized carbons (Fsp3) is 0.385. The second-order valence-electron chi connectivity index (χ2n) is 4.34. The van der Waals surface area contributed by atoms with Gasteiger partial charge in [-0.1, -0.05) is 0 Å². The monoisotopic (exact) mass is 262 g/mol. The van der Waals surface area contributed by atoms with Crippen LogP contribution in [-0.4, -0.2) is 23.1 Å². The summed E-state index contributed by atoms with van der Waals surface area (Å²) in [5.41, 5.74) is 8.04. The average Bonchev–Trinajstić information content (AvgIpc) is 2.74. The van der Waals surface area contributed by atoms with Crippen LogP contribution in [0.2, 0.25) is 0 Å². The number of aromatic nitrogens is 2. The molecule has 18 heavy (non-hydrogen) atoms. The fourth-order valence-electron chi connectivity index (χ4n) is 1.94. The SMILES string of the molecule is CNC(Cc1ccnc(N)c1)Cc1csc(C)n1. The van der Waals surface area contributed by atoms with Crippen LogP contribution in [0.1, 0.15) is 16.3 Å². The minimum Gasteiger partial charge on any atom is -0.384 e. The summed E-state index contributed by atoms with van der Waals surface area (Å²) < 4.78 is 0. The molecule has 0 radical (unpaired) electrons. The van der Waals surface area contributed by atoms with Crippen molar-refractivity contribution in [1.29, 1.82) is 0 Å². The Hall–Kier alpha value is -1.46. The third kappa shape index (κ3) is 3.51. The third-order valence-corrected chi connectivity index (χ3v) is 3.68. The van der Waals surface area contributed by atoms with Gasteiger partial charge in [-0.3, -0.25) is 0 Å². The Morgan fingerprint density at radius 2 is 2.28 bits per heavy atom. The first kappa shape index (κ1) is 13.0. The molecule has 0 aliphatic rings. The molecule has 0 amide bonds. The van der Waals surface area contributed by atoms with E-state index in [9.17, 15) is 0 Å². The van der Waals surface area contributed by atoms with Crippen LogP contribution < -0.4 is 11.1 Å². The van der Waals surface area contributed by atoms with E-state index >= 15 is 0 Å². The minimum atomic E-state index is 0.369. The number of hydrogen-bond donors (Lipinski definition) is 2. The first-order valence-corrected chi connectivity index (χ1v) is 6.84.